The number of rotatable bonds is 5. The summed E-state index contributed by atoms with van der Waals surface area (Å²) in [4.78, 5) is 30.1. The van der Waals surface area contributed by atoms with Gasteiger partial charge < -0.3 is 13.9 Å². The van der Waals surface area contributed by atoms with Crippen molar-refractivity contribution in [2.24, 2.45) is 0 Å². The molecule has 0 atom stereocenters. The Morgan fingerprint density at radius 3 is 2.65 bits per heavy atom. The lowest BCUT2D eigenvalue weighted by atomic mass is 10.1. The summed E-state index contributed by atoms with van der Waals surface area (Å²) in [6.07, 6.45) is 0. The molecule has 0 saturated heterocycles. The number of ether oxygens (including phenoxy) is 2. The van der Waals surface area contributed by atoms with Crippen LogP contribution in [0.1, 0.15) is 26.5 Å². The first-order valence-corrected chi connectivity index (χ1v) is 10.3. The van der Waals surface area contributed by atoms with Crippen LogP contribution in [-0.2, 0) is 4.74 Å². The molecule has 4 rings (SSSR count). The van der Waals surface area contributed by atoms with Crippen molar-refractivity contribution in [3.05, 3.63) is 64.4 Å². The van der Waals surface area contributed by atoms with Crippen LogP contribution in [-0.4, -0.2) is 31.1 Å². The Hall–Kier alpha value is -3.36. The number of carbonyl (C=O) groups excluding carboxylic acids is 2. The van der Waals surface area contributed by atoms with Gasteiger partial charge in [-0.3, -0.25) is 10.1 Å². The number of methoxy groups -OCH3 is 2. The third-order valence-corrected chi connectivity index (χ3v) is 5.90. The van der Waals surface area contributed by atoms with Gasteiger partial charge in [-0.05, 0) is 37.3 Å². The quantitative estimate of drug-likeness (QED) is 0.395. The summed E-state index contributed by atoms with van der Waals surface area (Å²) in [5.74, 6) is -0.360. The van der Waals surface area contributed by atoms with Crippen LogP contribution < -0.4 is 10.1 Å². The third-order valence-electron chi connectivity index (χ3n) is 4.61. The fraction of sp³-hybridized carbons (Fsp3) is 0.136. The summed E-state index contributed by atoms with van der Waals surface area (Å²) in [5.41, 5.74) is 1.56. The number of furan rings is 1. The maximum absolute atomic E-state index is 13.0. The highest BCUT2D eigenvalue weighted by molar-refractivity contribution is 7.21. The van der Waals surface area contributed by atoms with E-state index in [4.69, 9.17) is 25.5 Å². The fourth-order valence-electron chi connectivity index (χ4n) is 3.19. The minimum Gasteiger partial charge on any atom is -0.496 e. The molecule has 1 N–H and O–H groups in total. The van der Waals surface area contributed by atoms with E-state index in [1.807, 2.05) is 24.3 Å². The number of nitrogens with zero attached hydrogens (tertiary/aromatic N) is 1. The number of aryl methyl sites for hydroxylation is 1. The molecule has 31 heavy (non-hydrogen) atoms. The first-order chi connectivity index (χ1) is 14.9. The predicted molar refractivity (Wildman–Crippen MR) is 119 cm³/mol. The maximum atomic E-state index is 13.0. The van der Waals surface area contributed by atoms with Gasteiger partial charge in [-0.15, -0.1) is 11.3 Å². The molecule has 0 bridgehead atoms. The molecular weight excluding hydrogens is 440 g/mol. The van der Waals surface area contributed by atoms with Crippen molar-refractivity contribution in [3.8, 4) is 16.3 Å². The third kappa shape index (κ3) is 3.87. The Morgan fingerprint density at radius 2 is 1.94 bits per heavy atom. The number of carbonyl (C=O) groups is 2. The summed E-state index contributed by atoms with van der Waals surface area (Å²) in [6.45, 7) is 1.62. The van der Waals surface area contributed by atoms with Gasteiger partial charge in [0.1, 0.15) is 22.1 Å². The van der Waals surface area contributed by atoms with Crippen molar-refractivity contribution < 1.29 is 23.5 Å². The molecule has 0 aliphatic carbocycles. The number of hydrogen-bond acceptors (Lipinski definition) is 7. The molecule has 0 saturated carbocycles. The second-order valence-corrected chi connectivity index (χ2v) is 7.98. The van der Waals surface area contributed by atoms with Crippen LogP contribution in [0.3, 0.4) is 0 Å². The first-order valence-electron chi connectivity index (χ1n) is 9.15. The van der Waals surface area contributed by atoms with Crippen molar-refractivity contribution in [1.29, 1.82) is 0 Å². The van der Waals surface area contributed by atoms with E-state index in [9.17, 15) is 9.59 Å². The Labute approximate surface area is 186 Å². The highest BCUT2D eigenvalue weighted by Crippen LogP contribution is 2.41. The van der Waals surface area contributed by atoms with E-state index in [2.05, 4.69) is 10.3 Å². The molecular formula is C22H17ClN2O5S. The zero-order valence-corrected chi connectivity index (χ0v) is 18.4. The van der Waals surface area contributed by atoms with Gasteiger partial charge in [0.15, 0.2) is 0 Å². The lowest BCUT2D eigenvalue weighted by Gasteiger charge is -2.09. The molecule has 0 aliphatic heterocycles. The minimum atomic E-state index is -0.587. The summed E-state index contributed by atoms with van der Waals surface area (Å²) in [5, 5.41) is 3.62. The summed E-state index contributed by atoms with van der Waals surface area (Å²) in [7, 11) is 2.74. The molecule has 0 radical (unpaired) electrons. The number of nitrogens with one attached hydrogen (secondary N) is 1. The number of anilines is 1. The van der Waals surface area contributed by atoms with E-state index >= 15 is 0 Å². The van der Waals surface area contributed by atoms with Gasteiger partial charge in [-0.25, -0.2) is 9.78 Å². The first kappa shape index (κ1) is 20.9. The summed E-state index contributed by atoms with van der Waals surface area (Å²) < 4.78 is 16.9. The van der Waals surface area contributed by atoms with Crippen LogP contribution in [0.25, 0.3) is 20.8 Å². The number of fused-ring (bicyclic) bond motifs is 1. The second-order valence-electron chi connectivity index (χ2n) is 6.51. The molecule has 158 valence electrons. The molecule has 7 nitrogen and oxygen atoms in total. The van der Waals surface area contributed by atoms with Gasteiger partial charge in [0, 0.05) is 5.02 Å². The Balaban J connectivity index is 1.84. The fourth-order valence-corrected chi connectivity index (χ4v) is 4.38. The predicted octanol–water partition coefficient (Wildman–Crippen LogP) is 5.57. The monoisotopic (exact) mass is 456 g/mol. The van der Waals surface area contributed by atoms with E-state index in [-0.39, 0.29) is 17.0 Å². The topological polar surface area (TPSA) is 90.7 Å². The van der Waals surface area contributed by atoms with Gasteiger partial charge in [-0.2, -0.15) is 0 Å². The normalized spacial score (nSPS) is 10.8. The van der Waals surface area contributed by atoms with Gasteiger partial charge in [0.05, 0.1) is 35.6 Å². The Morgan fingerprint density at radius 1 is 1.16 bits per heavy atom. The Kier molecular flexibility index (Phi) is 5.67. The molecule has 0 aliphatic rings. The number of amides is 1. The van der Waals surface area contributed by atoms with Crippen LogP contribution in [0.5, 0.6) is 5.75 Å². The molecule has 4 aromatic rings. The van der Waals surface area contributed by atoms with E-state index in [1.54, 1.807) is 19.1 Å². The van der Waals surface area contributed by atoms with Crippen molar-refractivity contribution in [2.75, 3.05) is 19.5 Å². The number of esters is 1. The molecule has 0 spiro atoms. The molecule has 2 aromatic heterocycles. The zero-order chi connectivity index (χ0) is 22.1. The Bertz CT molecular complexity index is 1280. The van der Waals surface area contributed by atoms with Gasteiger partial charge in [-0.1, -0.05) is 23.7 Å². The number of halogens is 1. The second kappa shape index (κ2) is 8.41. The van der Waals surface area contributed by atoms with Crippen LogP contribution in [0, 0.1) is 6.92 Å². The van der Waals surface area contributed by atoms with E-state index in [0.717, 1.165) is 10.2 Å². The molecule has 2 aromatic carbocycles. The smallest absolute Gasteiger partial charge is 0.342 e. The van der Waals surface area contributed by atoms with Crippen molar-refractivity contribution in [2.45, 2.75) is 6.92 Å². The van der Waals surface area contributed by atoms with Crippen LogP contribution >= 0.6 is 22.9 Å². The highest BCUT2D eigenvalue weighted by Gasteiger charge is 2.29. The lowest BCUT2D eigenvalue weighted by Crippen LogP contribution is -2.13. The standard InChI is InChI=1S/C22H17ClN2O5S/c1-11-17(22(27)29-3)18(21-24-14-6-4-5-7-16(14)31-21)20(30-11)25-19(26)13-10-12(23)8-9-15(13)28-2/h4-10H,1-3H3,(H,25,26). The highest BCUT2D eigenvalue weighted by atomic mass is 35.5. The summed E-state index contributed by atoms with van der Waals surface area (Å²) >= 11 is 7.43. The zero-order valence-electron chi connectivity index (χ0n) is 16.8. The molecule has 0 fully saturated rings. The minimum absolute atomic E-state index is 0.0870. The number of benzene rings is 2. The lowest BCUT2D eigenvalue weighted by molar-refractivity contribution is 0.0599. The molecule has 2 heterocycles. The van der Waals surface area contributed by atoms with E-state index in [1.165, 1.54) is 31.6 Å². The van der Waals surface area contributed by atoms with Crippen LogP contribution in [0.2, 0.25) is 5.02 Å². The van der Waals surface area contributed by atoms with Crippen molar-refractivity contribution in [1.82, 2.24) is 4.98 Å². The van der Waals surface area contributed by atoms with Crippen molar-refractivity contribution >= 4 is 50.9 Å². The number of thiazole rings is 1. The van der Waals surface area contributed by atoms with Crippen LogP contribution in [0.15, 0.2) is 46.9 Å². The van der Waals surface area contributed by atoms with Gasteiger partial charge >= 0.3 is 5.97 Å². The summed E-state index contributed by atoms with van der Waals surface area (Å²) in [6, 6.07) is 12.3. The van der Waals surface area contributed by atoms with Gasteiger partial charge in [0.25, 0.3) is 5.91 Å². The number of aromatic nitrogens is 1. The molecule has 9 heteroatoms. The maximum Gasteiger partial charge on any atom is 0.342 e. The van der Waals surface area contributed by atoms with Crippen molar-refractivity contribution in [3.63, 3.8) is 0 Å². The molecule has 0 unspecified atom stereocenters. The largest absolute Gasteiger partial charge is 0.496 e. The average molecular weight is 457 g/mol. The number of hydrogen-bond donors (Lipinski definition) is 1. The average Bonchev–Trinajstić information content (AvgIpc) is 3.33. The SMILES string of the molecule is COC(=O)c1c(C)oc(NC(=O)c2cc(Cl)ccc2OC)c1-c1nc2ccccc2s1. The van der Waals surface area contributed by atoms with Crippen LogP contribution in [0.4, 0.5) is 5.88 Å². The molecule has 1 amide bonds. The van der Waals surface area contributed by atoms with E-state index < -0.39 is 11.9 Å². The number of para-hydroxylation sites is 1. The van der Waals surface area contributed by atoms with E-state index in [0.29, 0.717) is 27.1 Å². The van der Waals surface area contributed by atoms with Gasteiger partial charge in [0.2, 0.25) is 5.88 Å².